The lowest BCUT2D eigenvalue weighted by molar-refractivity contribution is 0.102. The molecule has 5 heteroatoms. The summed E-state index contributed by atoms with van der Waals surface area (Å²) in [5.74, 6) is -0.146. The Kier molecular flexibility index (Phi) is 4.21. The highest BCUT2D eigenvalue weighted by atomic mass is 35.5. The van der Waals surface area contributed by atoms with E-state index >= 15 is 0 Å². The molecule has 0 saturated heterocycles. The minimum Gasteiger partial charge on any atom is -0.508 e. The first-order chi connectivity index (χ1) is 9.38. The molecule has 0 atom stereocenters. The summed E-state index contributed by atoms with van der Waals surface area (Å²) in [5, 5.41) is 13.2. The average molecular weight is 310 g/mol. The van der Waals surface area contributed by atoms with Gasteiger partial charge < -0.3 is 10.4 Å². The zero-order valence-electron chi connectivity index (χ0n) is 11.0. The van der Waals surface area contributed by atoms with Crippen molar-refractivity contribution in [2.45, 2.75) is 13.8 Å². The van der Waals surface area contributed by atoms with E-state index in [0.717, 1.165) is 5.56 Å². The molecular formula is C15H13Cl2NO2. The minimum atomic E-state index is -0.342. The number of rotatable bonds is 2. The highest BCUT2D eigenvalue weighted by Gasteiger charge is 2.13. The monoisotopic (exact) mass is 309 g/mol. The number of carbonyl (C=O) groups excluding carboxylic acids is 1. The van der Waals surface area contributed by atoms with Crippen molar-refractivity contribution < 1.29 is 9.90 Å². The van der Waals surface area contributed by atoms with E-state index in [1.54, 1.807) is 38.1 Å². The number of anilines is 1. The number of hydrogen-bond donors (Lipinski definition) is 2. The summed E-state index contributed by atoms with van der Waals surface area (Å²) in [6.07, 6.45) is 0. The summed E-state index contributed by atoms with van der Waals surface area (Å²) in [7, 11) is 0. The quantitative estimate of drug-likeness (QED) is 0.798. The second-order valence-electron chi connectivity index (χ2n) is 4.53. The van der Waals surface area contributed by atoms with Gasteiger partial charge in [-0.15, -0.1) is 0 Å². The van der Waals surface area contributed by atoms with Crippen LogP contribution in [0.15, 0.2) is 30.3 Å². The van der Waals surface area contributed by atoms with Crippen molar-refractivity contribution in [3.05, 3.63) is 57.1 Å². The largest absolute Gasteiger partial charge is 0.508 e. The molecule has 0 aliphatic carbocycles. The molecule has 0 aliphatic heterocycles. The van der Waals surface area contributed by atoms with E-state index in [1.807, 2.05) is 0 Å². The van der Waals surface area contributed by atoms with Gasteiger partial charge in [0, 0.05) is 10.7 Å². The van der Waals surface area contributed by atoms with Crippen molar-refractivity contribution in [1.29, 1.82) is 0 Å². The topological polar surface area (TPSA) is 49.3 Å². The maximum absolute atomic E-state index is 12.2. The fraction of sp³-hybridized carbons (Fsp3) is 0.133. The van der Waals surface area contributed by atoms with Crippen molar-refractivity contribution in [3.8, 4) is 5.75 Å². The standard InChI is InChI=1S/C15H13Cl2NO2/c1-8-6-14(19)9(2)5-13(8)18-15(20)11-7-10(16)3-4-12(11)17/h3-7,19H,1-2H3,(H,18,20). The molecule has 0 unspecified atom stereocenters. The molecule has 0 aromatic heterocycles. The number of aryl methyl sites for hydroxylation is 2. The highest BCUT2D eigenvalue weighted by Crippen LogP contribution is 2.27. The first-order valence-corrected chi connectivity index (χ1v) is 6.70. The van der Waals surface area contributed by atoms with Gasteiger partial charge in [-0.2, -0.15) is 0 Å². The Bertz CT molecular complexity index is 684. The van der Waals surface area contributed by atoms with Crippen LogP contribution < -0.4 is 5.32 Å². The number of halogens is 2. The second kappa shape index (κ2) is 5.73. The van der Waals surface area contributed by atoms with Crippen molar-refractivity contribution in [3.63, 3.8) is 0 Å². The molecule has 104 valence electrons. The number of amides is 1. The number of carbonyl (C=O) groups is 1. The Morgan fingerprint density at radius 1 is 1.10 bits per heavy atom. The van der Waals surface area contributed by atoms with Crippen LogP contribution in [0.4, 0.5) is 5.69 Å². The van der Waals surface area contributed by atoms with Crippen molar-refractivity contribution in [1.82, 2.24) is 0 Å². The summed E-state index contributed by atoms with van der Waals surface area (Å²) in [5.41, 5.74) is 2.38. The van der Waals surface area contributed by atoms with Crippen molar-refractivity contribution in [2.24, 2.45) is 0 Å². The fourth-order valence-electron chi connectivity index (χ4n) is 1.80. The van der Waals surface area contributed by atoms with Crippen molar-refractivity contribution >= 4 is 34.8 Å². The molecule has 2 N–H and O–H groups in total. The summed E-state index contributed by atoms with van der Waals surface area (Å²) in [4.78, 5) is 12.2. The third-order valence-electron chi connectivity index (χ3n) is 2.96. The molecule has 20 heavy (non-hydrogen) atoms. The second-order valence-corrected chi connectivity index (χ2v) is 5.38. The molecule has 1 amide bonds. The van der Waals surface area contributed by atoms with E-state index in [-0.39, 0.29) is 11.7 Å². The third-order valence-corrected chi connectivity index (χ3v) is 3.53. The summed E-state index contributed by atoms with van der Waals surface area (Å²) < 4.78 is 0. The number of phenols is 1. The molecule has 0 radical (unpaired) electrons. The van der Waals surface area contributed by atoms with Crippen LogP contribution in [0.1, 0.15) is 21.5 Å². The molecule has 0 saturated carbocycles. The maximum atomic E-state index is 12.2. The van der Waals surface area contributed by atoms with E-state index in [4.69, 9.17) is 23.2 Å². The first kappa shape index (κ1) is 14.7. The van der Waals surface area contributed by atoms with Crippen LogP contribution in [0.3, 0.4) is 0 Å². The molecular weight excluding hydrogens is 297 g/mol. The first-order valence-electron chi connectivity index (χ1n) is 5.95. The zero-order valence-corrected chi connectivity index (χ0v) is 12.5. The Hall–Kier alpha value is -1.71. The van der Waals surface area contributed by atoms with Gasteiger partial charge in [-0.3, -0.25) is 4.79 Å². The van der Waals surface area contributed by atoms with Gasteiger partial charge in [-0.05, 0) is 55.3 Å². The SMILES string of the molecule is Cc1cc(NC(=O)c2cc(Cl)ccc2Cl)c(C)cc1O. The Morgan fingerprint density at radius 2 is 1.80 bits per heavy atom. The minimum absolute atomic E-state index is 0.196. The van der Waals surface area contributed by atoms with Gasteiger partial charge in [0.05, 0.1) is 10.6 Å². The molecule has 2 aromatic carbocycles. The van der Waals surface area contributed by atoms with E-state index in [9.17, 15) is 9.90 Å². The van der Waals surface area contributed by atoms with Crippen LogP contribution in [0.2, 0.25) is 10.0 Å². The molecule has 0 bridgehead atoms. The number of aromatic hydroxyl groups is 1. The number of hydrogen-bond acceptors (Lipinski definition) is 2. The molecule has 0 spiro atoms. The molecule has 2 rings (SSSR count). The predicted octanol–water partition coefficient (Wildman–Crippen LogP) is 4.57. The van der Waals surface area contributed by atoms with Crippen molar-refractivity contribution in [2.75, 3.05) is 5.32 Å². The van der Waals surface area contributed by atoms with Gasteiger partial charge in [0.25, 0.3) is 5.91 Å². The van der Waals surface area contributed by atoms with Gasteiger partial charge in [0.15, 0.2) is 0 Å². The number of phenolic OH excluding ortho intramolecular Hbond substituents is 1. The molecule has 2 aromatic rings. The molecule has 0 fully saturated rings. The lowest BCUT2D eigenvalue weighted by Gasteiger charge is -2.11. The summed E-state index contributed by atoms with van der Waals surface area (Å²) in [6, 6.07) is 8.03. The van der Waals surface area contributed by atoms with Crippen LogP contribution in [0, 0.1) is 13.8 Å². The Labute approximate surface area is 127 Å². The van der Waals surface area contributed by atoms with E-state index in [2.05, 4.69) is 5.32 Å². The Balaban J connectivity index is 2.32. The van der Waals surface area contributed by atoms with Crippen LogP contribution in [-0.4, -0.2) is 11.0 Å². The highest BCUT2D eigenvalue weighted by molar-refractivity contribution is 6.36. The van der Waals surface area contributed by atoms with E-state index < -0.39 is 0 Å². The van der Waals surface area contributed by atoms with Crippen LogP contribution >= 0.6 is 23.2 Å². The van der Waals surface area contributed by atoms with Gasteiger partial charge in [-0.1, -0.05) is 23.2 Å². The maximum Gasteiger partial charge on any atom is 0.257 e. The third kappa shape index (κ3) is 3.06. The number of nitrogens with one attached hydrogen (secondary N) is 1. The normalized spacial score (nSPS) is 10.4. The molecule has 0 heterocycles. The van der Waals surface area contributed by atoms with Crippen LogP contribution in [-0.2, 0) is 0 Å². The van der Waals surface area contributed by atoms with Gasteiger partial charge in [-0.25, -0.2) is 0 Å². The smallest absolute Gasteiger partial charge is 0.257 e. The van der Waals surface area contributed by atoms with Gasteiger partial charge >= 0.3 is 0 Å². The van der Waals surface area contributed by atoms with Crippen LogP contribution in [0.5, 0.6) is 5.75 Å². The van der Waals surface area contributed by atoms with Gasteiger partial charge in [0.1, 0.15) is 5.75 Å². The zero-order chi connectivity index (χ0) is 14.9. The fourth-order valence-corrected chi connectivity index (χ4v) is 2.17. The Morgan fingerprint density at radius 3 is 2.50 bits per heavy atom. The van der Waals surface area contributed by atoms with E-state index in [0.29, 0.717) is 26.9 Å². The summed E-state index contributed by atoms with van der Waals surface area (Å²) >= 11 is 11.9. The number of benzene rings is 2. The molecule has 0 aliphatic rings. The average Bonchev–Trinajstić information content (AvgIpc) is 2.38. The van der Waals surface area contributed by atoms with Gasteiger partial charge in [0.2, 0.25) is 0 Å². The lowest BCUT2D eigenvalue weighted by atomic mass is 10.1. The lowest BCUT2D eigenvalue weighted by Crippen LogP contribution is -2.13. The molecule has 3 nitrogen and oxygen atoms in total. The predicted molar refractivity (Wildman–Crippen MR) is 82.0 cm³/mol. The van der Waals surface area contributed by atoms with Crippen LogP contribution in [0.25, 0.3) is 0 Å². The summed E-state index contributed by atoms with van der Waals surface area (Å²) in [6.45, 7) is 3.56. The van der Waals surface area contributed by atoms with E-state index in [1.165, 1.54) is 6.07 Å².